The third kappa shape index (κ3) is 3.48. The molecule has 0 unspecified atom stereocenters. The van der Waals surface area contributed by atoms with Crippen molar-refractivity contribution >= 4 is 5.91 Å². The fourth-order valence-corrected chi connectivity index (χ4v) is 3.46. The number of nitrogens with one attached hydrogen (secondary N) is 1. The van der Waals surface area contributed by atoms with Crippen molar-refractivity contribution < 1.29 is 4.79 Å². The minimum Gasteiger partial charge on any atom is -0.346 e. The van der Waals surface area contributed by atoms with Gasteiger partial charge >= 0.3 is 0 Å². The molecular weight excluding hydrogens is 310 g/mol. The van der Waals surface area contributed by atoms with Crippen LogP contribution in [0.25, 0.3) is 0 Å². The first-order valence-corrected chi connectivity index (χ1v) is 8.75. The maximum absolute atomic E-state index is 12.5. The fraction of sp³-hybridized carbons (Fsp3) is 0.238. The first kappa shape index (κ1) is 15.6. The van der Waals surface area contributed by atoms with Crippen molar-refractivity contribution in [3.63, 3.8) is 0 Å². The van der Waals surface area contributed by atoms with E-state index in [1.807, 2.05) is 47.3 Å². The van der Waals surface area contributed by atoms with Crippen molar-refractivity contribution in [2.24, 2.45) is 0 Å². The normalized spacial score (nSPS) is 12.8. The van der Waals surface area contributed by atoms with E-state index in [2.05, 4.69) is 28.6 Å². The highest BCUT2D eigenvalue weighted by Gasteiger charge is 2.18. The van der Waals surface area contributed by atoms with Gasteiger partial charge in [-0.05, 0) is 48.1 Å². The Kier molecular flexibility index (Phi) is 4.34. The van der Waals surface area contributed by atoms with E-state index in [-0.39, 0.29) is 5.91 Å². The van der Waals surface area contributed by atoms with Gasteiger partial charge in [0.1, 0.15) is 0 Å². The monoisotopic (exact) mass is 331 g/mol. The van der Waals surface area contributed by atoms with Crippen LogP contribution in [0.3, 0.4) is 0 Å². The topological polar surface area (TPSA) is 46.9 Å². The van der Waals surface area contributed by atoms with Gasteiger partial charge in [-0.3, -0.25) is 9.48 Å². The van der Waals surface area contributed by atoms with Crippen LogP contribution in [0.15, 0.2) is 60.8 Å². The van der Waals surface area contributed by atoms with Crippen molar-refractivity contribution in [1.82, 2.24) is 15.1 Å². The highest BCUT2D eigenvalue weighted by molar-refractivity contribution is 5.96. The van der Waals surface area contributed by atoms with Crippen LogP contribution in [0, 0.1) is 0 Å². The van der Waals surface area contributed by atoms with Gasteiger partial charge in [0.2, 0.25) is 0 Å². The number of rotatable bonds is 5. The second kappa shape index (κ2) is 6.93. The molecule has 0 atom stereocenters. The van der Waals surface area contributed by atoms with Gasteiger partial charge in [0.15, 0.2) is 0 Å². The van der Waals surface area contributed by atoms with Crippen LogP contribution < -0.4 is 5.32 Å². The lowest BCUT2D eigenvalue weighted by molar-refractivity contribution is 0.0949. The summed E-state index contributed by atoms with van der Waals surface area (Å²) in [5.41, 5.74) is 5.44. The molecular formula is C21H21N3O. The van der Waals surface area contributed by atoms with Crippen LogP contribution in [-0.2, 0) is 25.9 Å². The number of hydrogen-bond donors (Lipinski definition) is 1. The molecule has 0 radical (unpaired) electrons. The molecule has 4 rings (SSSR count). The van der Waals surface area contributed by atoms with E-state index in [0.717, 1.165) is 37.1 Å². The summed E-state index contributed by atoms with van der Waals surface area (Å²) < 4.78 is 1.90. The number of carbonyl (C=O) groups is 1. The largest absolute Gasteiger partial charge is 0.346 e. The summed E-state index contributed by atoms with van der Waals surface area (Å²) in [6.07, 6.45) is 5.18. The molecule has 1 aliphatic rings. The quantitative estimate of drug-likeness (QED) is 0.779. The van der Waals surface area contributed by atoms with Gasteiger partial charge in [-0.2, -0.15) is 5.10 Å². The van der Waals surface area contributed by atoms with E-state index in [0.29, 0.717) is 6.54 Å². The Labute approximate surface area is 147 Å². The minimum atomic E-state index is -0.00337. The molecule has 1 heterocycles. The molecule has 2 aromatic carbocycles. The lowest BCUT2D eigenvalue weighted by atomic mass is 10.0. The third-order valence-corrected chi connectivity index (χ3v) is 4.70. The van der Waals surface area contributed by atoms with E-state index < -0.39 is 0 Å². The summed E-state index contributed by atoms with van der Waals surface area (Å²) in [4.78, 5) is 12.5. The molecule has 126 valence electrons. The van der Waals surface area contributed by atoms with Crippen LogP contribution >= 0.6 is 0 Å². The molecule has 3 aromatic rings. The number of carbonyl (C=O) groups excluding carboxylic acids is 1. The second-order valence-electron chi connectivity index (χ2n) is 6.47. The van der Waals surface area contributed by atoms with E-state index in [4.69, 9.17) is 0 Å². The average molecular weight is 331 g/mol. The van der Waals surface area contributed by atoms with Gasteiger partial charge in [-0.1, -0.05) is 42.5 Å². The van der Waals surface area contributed by atoms with Crippen LogP contribution in [0.2, 0.25) is 0 Å². The molecule has 4 nitrogen and oxygen atoms in total. The lowest BCUT2D eigenvalue weighted by Crippen LogP contribution is -2.24. The first-order valence-electron chi connectivity index (χ1n) is 8.75. The molecule has 1 amide bonds. The molecule has 1 aromatic heterocycles. The number of aromatic nitrogens is 2. The van der Waals surface area contributed by atoms with E-state index >= 15 is 0 Å². The summed E-state index contributed by atoms with van der Waals surface area (Å²) in [6.45, 7) is 1.19. The van der Waals surface area contributed by atoms with Gasteiger partial charge in [0.25, 0.3) is 5.91 Å². The smallest absolute Gasteiger partial charge is 0.251 e. The van der Waals surface area contributed by atoms with E-state index in [1.165, 1.54) is 16.7 Å². The number of aryl methyl sites for hydroxylation is 1. The van der Waals surface area contributed by atoms with Crippen molar-refractivity contribution in [3.8, 4) is 0 Å². The molecule has 25 heavy (non-hydrogen) atoms. The zero-order valence-electron chi connectivity index (χ0n) is 14.1. The molecule has 1 aliphatic carbocycles. The molecule has 1 N–H and O–H groups in total. The molecule has 0 bridgehead atoms. The molecule has 0 saturated carbocycles. The molecule has 0 fully saturated rings. The third-order valence-electron chi connectivity index (χ3n) is 4.70. The van der Waals surface area contributed by atoms with E-state index in [9.17, 15) is 4.79 Å². The summed E-state index contributed by atoms with van der Waals surface area (Å²) >= 11 is 0. The van der Waals surface area contributed by atoms with Gasteiger partial charge in [-0.15, -0.1) is 0 Å². The Bertz CT molecular complexity index is 883. The molecule has 4 heteroatoms. The van der Waals surface area contributed by atoms with Crippen LogP contribution in [-0.4, -0.2) is 15.7 Å². The fourth-order valence-electron chi connectivity index (χ4n) is 3.46. The molecule has 0 aliphatic heterocycles. The number of hydrogen-bond acceptors (Lipinski definition) is 2. The predicted octanol–water partition coefficient (Wildman–Crippen LogP) is 3.35. The van der Waals surface area contributed by atoms with Crippen molar-refractivity contribution in [2.45, 2.75) is 32.4 Å². The standard InChI is InChI=1S/C21H21N3O/c25-21(20-11-5-9-17-8-4-10-19(17)20)22-14-18-12-13-24(23-18)15-16-6-2-1-3-7-16/h1-3,5-7,9,11-13H,4,8,10,14-15H2,(H,22,25). The maximum Gasteiger partial charge on any atom is 0.251 e. The molecule has 0 spiro atoms. The second-order valence-corrected chi connectivity index (χ2v) is 6.47. The van der Waals surface area contributed by atoms with Gasteiger partial charge in [-0.25, -0.2) is 0 Å². The summed E-state index contributed by atoms with van der Waals surface area (Å²) in [7, 11) is 0. The highest BCUT2D eigenvalue weighted by atomic mass is 16.1. The predicted molar refractivity (Wildman–Crippen MR) is 97.4 cm³/mol. The zero-order valence-corrected chi connectivity index (χ0v) is 14.1. The van der Waals surface area contributed by atoms with Crippen molar-refractivity contribution in [2.75, 3.05) is 0 Å². The summed E-state index contributed by atoms with van der Waals surface area (Å²) in [6, 6.07) is 18.2. The van der Waals surface area contributed by atoms with Crippen LogP contribution in [0.5, 0.6) is 0 Å². The Hall–Kier alpha value is -2.88. The minimum absolute atomic E-state index is 0.00337. The Morgan fingerprint density at radius 1 is 1.04 bits per heavy atom. The Morgan fingerprint density at radius 3 is 2.80 bits per heavy atom. The van der Waals surface area contributed by atoms with Crippen LogP contribution in [0.1, 0.15) is 39.2 Å². The zero-order chi connectivity index (χ0) is 17.1. The maximum atomic E-state index is 12.5. The summed E-state index contributed by atoms with van der Waals surface area (Å²) in [5.74, 6) is -0.00337. The Balaban J connectivity index is 1.39. The van der Waals surface area contributed by atoms with Crippen molar-refractivity contribution in [3.05, 3.63) is 88.7 Å². The summed E-state index contributed by atoms with van der Waals surface area (Å²) in [5, 5.41) is 7.55. The van der Waals surface area contributed by atoms with Crippen molar-refractivity contribution in [1.29, 1.82) is 0 Å². The first-order chi connectivity index (χ1) is 12.3. The Morgan fingerprint density at radius 2 is 1.92 bits per heavy atom. The molecule has 0 saturated heterocycles. The average Bonchev–Trinajstić information content (AvgIpc) is 3.29. The number of fused-ring (bicyclic) bond motifs is 1. The highest BCUT2D eigenvalue weighted by Crippen LogP contribution is 2.25. The lowest BCUT2D eigenvalue weighted by Gasteiger charge is -2.08. The number of benzene rings is 2. The number of nitrogens with zero attached hydrogens (tertiary/aromatic N) is 2. The number of amides is 1. The SMILES string of the molecule is O=C(NCc1ccn(Cc2ccccc2)n1)c1cccc2c1CCC2. The van der Waals surface area contributed by atoms with Gasteiger partial charge in [0.05, 0.1) is 18.8 Å². The van der Waals surface area contributed by atoms with E-state index in [1.54, 1.807) is 0 Å². The van der Waals surface area contributed by atoms with Crippen LogP contribution in [0.4, 0.5) is 0 Å². The van der Waals surface area contributed by atoms with Gasteiger partial charge in [0, 0.05) is 11.8 Å². The van der Waals surface area contributed by atoms with Gasteiger partial charge < -0.3 is 5.32 Å².